The van der Waals surface area contributed by atoms with Gasteiger partial charge in [0.2, 0.25) is 5.91 Å². The number of amides is 1. The largest absolute Gasteiger partial charge is 0.458 e. The van der Waals surface area contributed by atoms with E-state index in [0.29, 0.717) is 18.2 Å². The lowest BCUT2D eigenvalue weighted by atomic mass is 10.1. The minimum absolute atomic E-state index is 0.150. The van der Waals surface area contributed by atoms with Crippen molar-refractivity contribution in [3.8, 4) is 0 Å². The van der Waals surface area contributed by atoms with Crippen molar-refractivity contribution in [1.29, 1.82) is 0 Å². The third-order valence-electron chi connectivity index (χ3n) is 5.13. The third kappa shape index (κ3) is 8.94. The lowest BCUT2D eigenvalue weighted by Crippen LogP contribution is -2.41. The Bertz CT molecular complexity index is 651. The average Bonchev–Trinajstić information content (AvgIpc) is 3.31. The van der Waals surface area contributed by atoms with Crippen molar-refractivity contribution in [2.45, 2.75) is 88.6 Å². The summed E-state index contributed by atoms with van der Waals surface area (Å²) < 4.78 is 6.02. The van der Waals surface area contributed by atoms with Crippen LogP contribution in [0.2, 0.25) is 0 Å². The van der Waals surface area contributed by atoms with Gasteiger partial charge in [-0.25, -0.2) is 9.78 Å². The summed E-state index contributed by atoms with van der Waals surface area (Å²) in [6.45, 7) is 8.53. The average molecular weight is 456 g/mol. The summed E-state index contributed by atoms with van der Waals surface area (Å²) in [5.74, 6) is 0.660. The molecular formula is C22H37N3O3S2. The fourth-order valence-electron chi connectivity index (χ4n) is 3.53. The molecule has 1 aromatic heterocycles. The Hall–Kier alpha value is -1.12. The Kier molecular flexibility index (Phi) is 11.8. The van der Waals surface area contributed by atoms with Crippen molar-refractivity contribution >= 4 is 35.0 Å². The smallest absolute Gasteiger partial charge is 0.358 e. The number of thioether (sulfide) groups is 1. The zero-order valence-electron chi connectivity index (χ0n) is 18.7. The van der Waals surface area contributed by atoms with E-state index in [0.717, 1.165) is 36.1 Å². The van der Waals surface area contributed by atoms with Crippen molar-refractivity contribution in [3.05, 3.63) is 11.1 Å². The highest BCUT2D eigenvalue weighted by molar-refractivity contribution is 8.01. The van der Waals surface area contributed by atoms with Crippen LogP contribution in [0.3, 0.4) is 0 Å². The number of ether oxygens (including phenoxy) is 1. The Morgan fingerprint density at radius 3 is 2.87 bits per heavy atom. The number of unbranched alkanes of at least 4 members (excludes halogenated alkanes) is 5. The normalized spacial score (nSPS) is 16.6. The van der Waals surface area contributed by atoms with Gasteiger partial charge in [0.15, 0.2) is 10.0 Å². The molecule has 6 nitrogen and oxygen atoms in total. The standard InChI is InChI=1S/C22H37N3O3S2/c1-4-5-6-7-8-9-12-23-15-18-10-11-20(26)25(18)13-14-29-22-24-19(16-30-22)21(27)28-17(2)3/h16-18,23H,4-15H2,1-3H3/t18-/m1/s1. The maximum absolute atomic E-state index is 12.3. The quantitative estimate of drug-likeness (QED) is 0.234. The second-order valence-corrected chi connectivity index (χ2v) is 10.3. The van der Waals surface area contributed by atoms with Crippen LogP contribution in [0.1, 0.15) is 82.6 Å². The molecule has 1 aliphatic rings. The van der Waals surface area contributed by atoms with Crippen molar-refractivity contribution in [3.63, 3.8) is 0 Å². The topological polar surface area (TPSA) is 71.5 Å². The van der Waals surface area contributed by atoms with E-state index in [1.165, 1.54) is 49.9 Å². The molecule has 30 heavy (non-hydrogen) atoms. The van der Waals surface area contributed by atoms with Crippen LogP contribution in [0.4, 0.5) is 0 Å². The zero-order valence-corrected chi connectivity index (χ0v) is 20.3. The number of nitrogens with one attached hydrogen (secondary N) is 1. The maximum atomic E-state index is 12.3. The van der Waals surface area contributed by atoms with E-state index in [4.69, 9.17) is 4.74 Å². The van der Waals surface area contributed by atoms with Crippen LogP contribution in [0.15, 0.2) is 9.72 Å². The molecule has 170 valence electrons. The molecule has 1 fully saturated rings. The zero-order chi connectivity index (χ0) is 21.8. The fourth-order valence-corrected chi connectivity index (χ4v) is 5.34. The summed E-state index contributed by atoms with van der Waals surface area (Å²) in [5.41, 5.74) is 0.366. The van der Waals surface area contributed by atoms with Crippen molar-refractivity contribution in [2.24, 2.45) is 0 Å². The number of nitrogens with zero attached hydrogens (tertiary/aromatic N) is 2. The van der Waals surface area contributed by atoms with Crippen LogP contribution in [0.25, 0.3) is 0 Å². The Morgan fingerprint density at radius 2 is 2.10 bits per heavy atom. The second-order valence-electron chi connectivity index (χ2n) is 8.05. The summed E-state index contributed by atoms with van der Waals surface area (Å²) in [5, 5.41) is 5.28. The second kappa shape index (κ2) is 14.0. The number of carbonyl (C=O) groups excluding carboxylic acids is 2. The number of hydrogen-bond donors (Lipinski definition) is 1. The van der Waals surface area contributed by atoms with E-state index in [9.17, 15) is 9.59 Å². The molecule has 0 bridgehead atoms. The molecule has 0 aromatic carbocycles. The first-order valence-corrected chi connectivity index (χ1v) is 13.2. The molecule has 1 amide bonds. The molecule has 2 rings (SSSR count). The Balaban J connectivity index is 1.65. The van der Waals surface area contributed by atoms with E-state index in [1.807, 2.05) is 18.7 Å². The number of thiazole rings is 1. The first-order valence-electron chi connectivity index (χ1n) is 11.3. The van der Waals surface area contributed by atoms with Crippen molar-refractivity contribution in [2.75, 3.05) is 25.4 Å². The number of likely N-dealkylation sites (tertiary alicyclic amines) is 1. The first-order chi connectivity index (χ1) is 14.5. The van der Waals surface area contributed by atoms with E-state index >= 15 is 0 Å². The Labute approximate surface area is 189 Å². The lowest BCUT2D eigenvalue weighted by Gasteiger charge is -2.25. The van der Waals surface area contributed by atoms with Gasteiger partial charge in [0.1, 0.15) is 0 Å². The van der Waals surface area contributed by atoms with Crippen LogP contribution in [-0.4, -0.2) is 59.3 Å². The van der Waals surface area contributed by atoms with Crippen LogP contribution >= 0.6 is 23.1 Å². The third-order valence-corrected chi connectivity index (χ3v) is 7.13. The molecule has 0 unspecified atom stereocenters. The van der Waals surface area contributed by atoms with E-state index in [1.54, 1.807) is 17.1 Å². The maximum Gasteiger partial charge on any atom is 0.358 e. The van der Waals surface area contributed by atoms with Gasteiger partial charge in [0.05, 0.1) is 6.10 Å². The summed E-state index contributed by atoms with van der Waals surface area (Å²) in [4.78, 5) is 30.5. The molecule has 2 heterocycles. The molecular weight excluding hydrogens is 418 g/mol. The molecule has 1 atom stereocenters. The van der Waals surface area contributed by atoms with Crippen LogP contribution in [0.5, 0.6) is 0 Å². The molecule has 0 spiro atoms. The predicted molar refractivity (Wildman–Crippen MR) is 124 cm³/mol. The predicted octanol–water partition coefficient (Wildman–Crippen LogP) is 4.74. The highest BCUT2D eigenvalue weighted by Gasteiger charge is 2.30. The van der Waals surface area contributed by atoms with Gasteiger partial charge in [-0.05, 0) is 33.2 Å². The number of rotatable bonds is 15. The van der Waals surface area contributed by atoms with Crippen LogP contribution in [0, 0.1) is 0 Å². The molecule has 1 saturated heterocycles. The molecule has 8 heteroatoms. The van der Waals surface area contributed by atoms with Crippen molar-refractivity contribution in [1.82, 2.24) is 15.2 Å². The van der Waals surface area contributed by atoms with Gasteiger partial charge < -0.3 is 15.0 Å². The van der Waals surface area contributed by atoms with Gasteiger partial charge >= 0.3 is 5.97 Å². The van der Waals surface area contributed by atoms with E-state index in [-0.39, 0.29) is 18.0 Å². The summed E-state index contributed by atoms with van der Waals surface area (Å²) >= 11 is 3.05. The number of aromatic nitrogens is 1. The molecule has 0 aliphatic carbocycles. The molecule has 1 aromatic rings. The highest BCUT2D eigenvalue weighted by atomic mass is 32.2. The monoisotopic (exact) mass is 455 g/mol. The number of esters is 1. The van der Waals surface area contributed by atoms with E-state index < -0.39 is 0 Å². The lowest BCUT2D eigenvalue weighted by molar-refractivity contribution is -0.128. The van der Waals surface area contributed by atoms with Gasteiger partial charge in [-0.2, -0.15) is 0 Å². The molecule has 0 saturated carbocycles. The summed E-state index contributed by atoms with van der Waals surface area (Å²) in [6.07, 6.45) is 9.25. The molecule has 0 radical (unpaired) electrons. The highest BCUT2D eigenvalue weighted by Crippen LogP contribution is 2.25. The van der Waals surface area contributed by atoms with E-state index in [2.05, 4.69) is 17.2 Å². The van der Waals surface area contributed by atoms with Crippen LogP contribution < -0.4 is 5.32 Å². The fraction of sp³-hybridized carbons (Fsp3) is 0.773. The minimum atomic E-state index is -0.376. The van der Waals surface area contributed by atoms with Gasteiger partial charge in [-0.15, -0.1) is 11.3 Å². The summed E-state index contributed by atoms with van der Waals surface area (Å²) in [6, 6.07) is 0.297. The molecule has 1 N–H and O–H groups in total. The van der Waals surface area contributed by atoms with Gasteiger partial charge in [-0.1, -0.05) is 50.8 Å². The summed E-state index contributed by atoms with van der Waals surface area (Å²) in [7, 11) is 0. The number of carbonyl (C=O) groups is 2. The SMILES string of the molecule is CCCCCCCCNC[C@H]1CCC(=O)N1CCSc1nc(C(=O)OC(C)C)cs1. The van der Waals surface area contributed by atoms with Gasteiger partial charge in [0.25, 0.3) is 0 Å². The van der Waals surface area contributed by atoms with Gasteiger partial charge in [0, 0.05) is 36.7 Å². The first kappa shape index (κ1) is 25.1. The minimum Gasteiger partial charge on any atom is -0.458 e. The number of hydrogen-bond acceptors (Lipinski definition) is 7. The van der Waals surface area contributed by atoms with Crippen LogP contribution in [-0.2, 0) is 9.53 Å². The molecule has 1 aliphatic heterocycles. The van der Waals surface area contributed by atoms with Crippen molar-refractivity contribution < 1.29 is 14.3 Å². The van der Waals surface area contributed by atoms with Gasteiger partial charge in [-0.3, -0.25) is 4.79 Å². The Morgan fingerprint density at radius 1 is 1.33 bits per heavy atom.